The second-order valence-electron chi connectivity index (χ2n) is 5.94. The maximum atomic E-state index is 12.5. The van der Waals surface area contributed by atoms with Crippen molar-refractivity contribution in [1.82, 2.24) is 14.6 Å². The van der Waals surface area contributed by atoms with Crippen molar-refractivity contribution >= 4 is 10.0 Å². The number of aromatic amines is 1. The van der Waals surface area contributed by atoms with Crippen LogP contribution in [0.5, 0.6) is 0 Å². The van der Waals surface area contributed by atoms with Gasteiger partial charge in [0, 0.05) is 37.6 Å². The smallest absolute Gasteiger partial charge is 0.243 e. The lowest BCUT2D eigenvalue weighted by atomic mass is 10.2. The number of sulfonamides is 1. The summed E-state index contributed by atoms with van der Waals surface area (Å²) >= 11 is 0. The van der Waals surface area contributed by atoms with E-state index >= 15 is 0 Å². The van der Waals surface area contributed by atoms with Crippen LogP contribution in [-0.2, 0) is 23.1 Å². The third-order valence-corrected chi connectivity index (χ3v) is 6.23. The first-order valence-electron chi connectivity index (χ1n) is 8.33. The summed E-state index contributed by atoms with van der Waals surface area (Å²) in [5.74, 6) is 0. The second kappa shape index (κ2) is 7.96. The topological polar surface area (TPSA) is 65.2 Å². The molecule has 1 aromatic carbocycles. The summed E-state index contributed by atoms with van der Waals surface area (Å²) in [4.78, 5) is 3.64. The Morgan fingerprint density at radius 3 is 2.17 bits per heavy atom. The van der Waals surface area contributed by atoms with Gasteiger partial charge in [-0.05, 0) is 43.2 Å². The molecule has 0 saturated carbocycles. The SMILES string of the molecule is CCN(CC)S(=O)(=O)c1ccc(CNCc2cc(C)[nH]c2C)cc1. The number of benzene rings is 1. The number of aromatic nitrogens is 1. The van der Waals surface area contributed by atoms with E-state index in [2.05, 4.69) is 23.3 Å². The van der Waals surface area contributed by atoms with Gasteiger partial charge in [-0.3, -0.25) is 0 Å². The summed E-state index contributed by atoms with van der Waals surface area (Å²) in [6.45, 7) is 10.3. The summed E-state index contributed by atoms with van der Waals surface area (Å²) in [6, 6.07) is 9.27. The highest BCUT2D eigenvalue weighted by molar-refractivity contribution is 7.89. The van der Waals surface area contributed by atoms with Crippen LogP contribution >= 0.6 is 0 Å². The highest BCUT2D eigenvalue weighted by atomic mass is 32.2. The molecule has 1 heterocycles. The van der Waals surface area contributed by atoms with Gasteiger partial charge in [0.2, 0.25) is 10.0 Å². The van der Waals surface area contributed by atoms with Crippen LogP contribution in [0.25, 0.3) is 0 Å². The van der Waals surface area contributed by atoms with Crippen molar-refractivity contribution in [2.45, 2.75) is 45.7 Å². The van der Waals surface area contributed by atoms with E-state index in [0.717, 1.165) is 17.8 Å². The fourth-order valence-electron chi connectivity index (χ4n) is 2.80. The normalized spacial score (nSPS) is 12.0. The molecule has 5 nitrogen and oxygen atoms in total. The van der Waals surface area contributed by atoms with Crippen molar-refractivity contribution in [2.75, 3.05) is 13.1 Å². The van der Waals surface area contributed by atoms with Gasteiger partial charge in [0.1, 0.15) is 0 Å². The van der Waals surface area contributed by atoms with Crippen molar-refractivity contribution in [3.63, 3.8) is 0 Å². The standard InChI is InChI=1S/C18H27N3O2S/c1-5-21(6-2)24(22,23)18-9-7-16(8-10-18)12-19-13-17-11-14(3)20-15(17)4/h7-11,19-20H,5-6,12-13H2,1-4H3. The Labute approximate surface area is 145 Å². The van der Waals surface area contributed by atoms with Gasteiger partial charge in [-0.2, -0.15) is 4.31 Å². The minimum atomic E-state index is -3.38. The zero-order chi connectivity index (χ0) is 17.7. The average Bonchev–Trinajstić information content (AvgIpc) is 2.86. The summed E-state index contributed by atoms with van der Waals surface area (Å²) in [7, 11) is -3.38. The molecule has 0 saturated heterocycles. The van der Waals surface area contributed by atoms with E-state index in [4.69, 9.17) is 0 Å². The van der Waals surface area contributed by atoms with Crippen molar-refractivity contribution in [2.24, 2.45) is 0 Å². The zero-order valence-electron chi connectivity index (χ0n) is 14.9. The third kappa shape index (κ3) is 4.26. The lowest BCUT2D eigenvalue weighted by Gasteiger charge is -2.18. The summed E-state index contributed by atoms with van der Waals surface area (Å²) < 4.78 is 26.4. The summed E-state index contributed by atoms with van der Waals surface area (Å²) in [5.41, 5.74) is 4.67. The van der Waals surface area contributed by atoms with Gasteiger partial charge in [0.05, 0.1) is 4.90 Å². The molecule has 0 unspecified atom stereocenters. The van der Waals surface area contributed by atoms with Crippen LogP contribution in [-0.4, -0.2) is 30.8 Å². The zero-order valence-corrected chi connectivity index (χ0v) is 15.7. The van der Waals surface area contributed by atoms with Gasteiger partial charge >= 0.3 is 0 Å². The van der Waals surface area contributed by atoms with E-state index in [1.54, 1.807) is 12.1 Å². The average molecular weight is 350 g/mol. The van der Waals surface area contributed by atoms with E-state index in [9.17, 15) is 8.42 Å². The van der Waals surface area contributed by atoms with Crippen LogP contribution in [0, 0.1) is 13.8 Å². The fraction of sp³-hybridized carbons (Fsp3) is 0.444. The molecule has 0 aliphatic rings. The molecule has 0 bridgehead atoms. The number of hydrogen-bond donors (Lipinski definition) is 2. The molecule has 0 amide bonds. The minimum absolute atomic E-state index is 0.354. The Bertz CT molecular complexity index is 760. The predicted octanol–water partition coefficient (Wildman–Crippen LogP) is 2.95. The number of H-pyrrole nitrogens is 1. The number of aryl methyl sites for hydroxylation is 2. The highest BCUT2D eigenvalue weighted by Crippen LogP contribution is 2.16. The van der Waals surface area contributed by atoms with Gasteiger partial charge < -0.3 is 10.3 Å². The van der Waals surface area contributed by atoms with E-state index in [1.165, 1.54) is 15.6 Å². The summed E-state index contributed by atoms with van der Waals surface area (Å²) in [5, 5.41) is 3.40. The molecule has 2 aromatic rings. The Kier molecular flexibility index (Phi) is 6.21. The van der Waals surface area contributed by atoms with Crippen molar-refractivity contribution < 1.29 is 8.42 Å². The van der Waals surface area contributed by atoms with Crippen LogP contribution in [0.2, 0.25) is 0 Å². The molecule has 24 heavy (non-hydrogen) atoms. The van der Waals surface area contributed by atoms with Crippen molar-refractivity contribution in [1.29, 1.82) is 0 Å². The Hall–Kier alpha value is -1.63. The quantitative estimate of drug-likeness (QED) is 0.770. The molecule has 0 spiro atoms. The Balaban J connectivity index is 1.98. The Morgan fingerprint density at radius 1 is 1.04 bits per heavy atom. The van der Waals surface area contributed by atoms with Gasteiger partial charge in [0.25, 0.3) is 0 Å². The molecule has 1 aromatic heterocycles. The van der Waals surface area contributed by atoms with E-state index in [0.29, 0.717) is 24.5 Å². The Morgan fingerprint density at radius 2 is 1.67 bits per heavy atom. The van der Waals surface area contributed by atoms with E-state index in [1.807, 2.05) is 32.9 Å². The van der Waals surface area contributed by atoms with Crippen molar-refractivity contribution in [3.05, 3.63) is 52.8 Å². The first kappa shape index (κ1) is 18.7. The maximum absolute atomic E-state index is 12.5. The molecule has 0 aliphatic carbocycles. The summed E-state index contributed by atoms with van der Waals surface area (Å²) in [6.07, 6.45) is 0. The largest absolute Gasteiger partial charge is 0.362 e. The van der Waals surface area contributed by atoms with E-state index in [-0.39, 0.29) is 0 Å². The maximum Gasteiger partial charge on any atom is 0.243 e. The first-order valence-corrected chi connectivity index (χ1v) is 9.77. The van der Waals surface area contributed by atoms with Crippen LogP contribution in [0.15, 0.2) is 35.2 Å². The van der Waals surface area contributed by atoms with Crippen LogP contribution < -0.4 is 5.32 Å². The molecule has 0 aliphatic heterocycles. The van der Waals surface area contributed by atoms with Gasteiger partial charge in [-0.25, -0.2) is 8.42 Å². The molecule has 2 N–H and O–H groups in total. The van der Waals surface area contributed by atoms with Gasteiger partial charge in [0.15, 0.2) is 0 Å². The number of hydrogen-bond acceptors (Lipinski definition) is 3. The van der Waals surface area contributed by atoms with Crippen molar-refractivity contribution in [3.8, 4) is 0 Å². The molecular weight excluding hydrogens is 322 g/mol. The minimum Gasteiger partial charge on any atom is -0.362 e. The lowest BCUT2D eigenvalue weighted by Crippen LogP contribution is -2.30. The third-order valence-electron chi connectivity index (χ3n) is 4.17. The molecule has 0 atom stereocenters. The monoisotopic (exact) mass is 349 g/mol. The number of nitrogens with zero attached hydrogens (tertiary/aromatic N) is 1. The molecule has 2 rings (SSSR count). The van der Waals surface area contributed by atoms with Crippen LogP contribution in [0.4, 0.5) is 0 Å². The first-order chi connectivity index (χ1) is 11.4. The van der Waals surface area contributed by atoms with Crippen LogP contribution in [0.3, 0.4) is 0 Å². The van der Waals surface area contributed by atoms with Gasteiger partial charge in [-0.15, -0.1) is 0 Å². The van der Waals surface area contributed by atoms with Crippen LogP contribution in [0.1, 0.15) is 36.4 Å². The number of rotatable bonds is 8. The predicted molar refractivity (Wildman–Crippen MR) is 97.4 cm³/mol. The molecular formula is C18H27N3O2S. The van der Waals surface area contributed by atoms with Gasteiger partial charge in [-0.1, -0.05) is 26.0 Å². The molecule has 132 valence electrons. The molecule has 6 heteroatoms. The highest BCUT2D eigenvalue weighted by Gasteiger charge is 2.20. The lowest BCUT2D eigenvalue weighted by molar-refractivity contribution is 0.445. The molecule has 0 fully saturated rings. The number of nitrogens with one attached hydrogen (secondary N) is 2. The van der Waals surface area contributed by atoms with E-state index < -0.39 is 10.0 Å². The second-order valence-corrected chi connectivity index (χ2v) is 7.88. The fourth-order valence-corrected chi connectivity index (χ4v) is 4.26. The molecule has 0 radical (unpaired) electrons.